The molecule has 0 heterocycles. The molecular weight excluding hydrogens is 178 g/mol. The number of carbonyl (C=O) groups excluding carboxylic acids is 1. The molecular formula is C11H23NO2. The summed E-state index contributed by atoms with van der Waals surface area (Å²) in [4.78, 5) is 11.0. The molecule has 0 aliphatic heterocycles. The second kappa shape index (κ2) is 6.02. The van der Waals surface area contributed by atoms with Gasteiger partial charge in [0.25, 0.3) is 0 Å². The standard InChI is InChI=1S/C11H23NO2/c1-6-14-10(13)7-8-12-9(2)11(3,4)5/h9,12H,6-8H2,1-5H3. The Morgan fingerprint density at radius 2 is 2.00 bits per heavy atom. The van der Waals surface area contributed by atoms with Crippen LogP contribution in [-0.4, -0.2) is 25.2 Å². The minimum atomic E-state index is -0.124. The average Bonchev–Trinajstić information content (AvgIpc) is 2.02. The maximum absolute atomic E-state index is 11.0. The van der Waals surface area contributed by atoms with E-state index in [9.17, 15) is 4.79 Å². The van der Waals surface area contributed by atoms with Gasteiger partial charge in [0.15, 0.2) is 0 Å². The molecule has 0 aromatic heterocycles. The predicted octanol–water partition coefficient (Wildman–Crippen LogP) is 1.96. The van der Waals surface area contributed by atoms with Crippen molar-refractivity contribution in [1.29, 1.82) is 0 Å². The Hall–Kier alpha value is -0.570. The summed E-state index contributed by atoms with van der Waals surface area (Å²) in [6.07, 6.45) is 0.453. The van der Waals surface area contributed by atoms with Gasteiger partial charge in [0.2, 0.25) is 0 Å². The summed E-state index contributed by atoms with van der Waals surface area (Å²) in [5.41, 5.74) is 0.231. The van der Waals surface area contributed by atoms with Crippen molar-refractivity contribution in [3.05, 3.63) is 0 Å². The monoisotopic (exact) mass is 201 g/mol. The lowest BCUT2D eigenvalue weighted by Gasteiger charge is -2.28. The van der Waals surface area contributed by atoms with Crippen molar-refractivity contribution >= 4 is 5.97 Å². The number of nitrogens with one attached hydrogen (secondary N) is 1. The van der Waals surface area contributed by atoms with Crippen molar-refractivity contribution in [3.63, 3.8) is 0 Å². The Kier molecular flexibility index (Phi) is 5.77. The molecule has 3 heteroatoms. The fourth-order valence-electron chi connectivity index (χ4n) is 0.930. The maximum Gasteiger partial charge on any atom is 0.307 e. The smallest absolute Gasteiger partial charge is 0.307 e. The molecule has 0 bridgehead atoms. The molecule has 84 valence electrons. The molecule has 0 spiro atoms. The number of esters is 1. The lowest BCUT2D eigenvalue weighted by Crippen LogP contribution is -2.38. The van der Waals surface area contributed by atoms with Gasteiger partial charge in [0, 0.05) is 12.6 Å². The third kappa shape index (κ3) is 5.97. The first-order chi connectivity index (χ1) is 6.38. The Bertz CT molecular complexity index is 173. The molecule has 0 saturated heterocycles. The molecule has 0 aromatic rings. The summed E-state index contributed by atoms with van der Waals surface area (Å²) >= 11 is 0. The van der Waals surface area contributed by atoms with E-state index >= 15 is 0 Å². The van der Waals surface area contributed by atoms with E-state index in [4.69, 9.17) is 4.74 Å². The molecule has 0 amide bonds. The third-order valence-electron chi connectivity index (χ3n) is 2.38. The molecule has 0 aliphatic rings. The summed E-state index contributed by atoms with van der Waals surface area (Å²) in [7, 11) is 0. The van der Waals surface area contributed by atoms with Crippen LogP contribution in [0.1, 0.15) is 41.0 Å². The highest BCUT2D eigenvalue weighted by Gasteiger charge is 2.19. The summed E-state index contributed by atoms with van der Waals surface area (Å²) < 4.78 is 4.83. The van der Waals surface area contributed by atoms with Gasteiger partial charge in [0.05, 0.1) is 13.0 Å². The normalized spacial score (nSPS) is 13.8. The molecule has 0 aromatic carbocycles. The first-order valence-corrected chi connectivity index (χ1v) is 5.27. The molecule has 0 rings (SSSR count). The van der Waals surface area contributed by atoms with Gasteiger partial charge in [-0.05, 0) is 19.3 Å². The molecule has 14 heavy (non-hydrogen) atoms. The number of rotatable bonds is 5. The van der Waals surface area contributed by atoms with E-state index in [0.29, 0.717) is 25.6 Å². The van der Waals surface area contributed by atoms with Gasteiger partial charge in [-0.3, -0.25) is 4.79 Å². The van der Waals surface area contributed by atoms with Crippen LogP contribution in [0.2, 0.25) is 0 Å². The van der Waals surface area contributed by atoms with Crippen LogP contribution in [0.15, 0.2) is 0 Å². The van der Waals surface area contributed by atoms with E-state index in [1.165, 1.54) is 0 Å². The molecule has 1 N–H and O–H groups in total. The highest BCUT2D eigenvalue weighted by atomic mass is 16.5. The lowest BCUT2D eigenvalue weighted by atomic mass is 9.88. The number of hydrogen-bond acceptors (Lipinski definition) is 3. The van der Waals surface area contributed by atoms with E-state index in [0.717, 1.165) is 0 Å². The zero-order valence-corrected chi connectivity index (χ0v) is 10.0. The molecule has 0 radical (unpaired) electrons. The van der Waals surface area contributed by atoms with Gasteiger partial charge in [-0.2, -0.15) is 0 Å². The zero-order valence-electron chi connectivity index (χ0n) is 10.0. The first-order valence-electron chi connectivity index (χ1n) is 5.27. The lowest BCUT2D eigenvalue weighted by molar-refractivity contribution is -0.143. The first kappa shape index (κ1) is 13.4. The van der Waals surface area contributed by atoms with E-state index in [1.54, 1.807) is 0 Å². The maximum atomic E-state index is 11.0. The molecule has 1 unspecified atom stereocenters. The quantitative estimate of drug-likeness (QED) is 0.691. The fraction of sp³-hybridized carbons (Fsp3) is 0.909. The van der Waals surface area contributed by atoms with Crippen molar-refractivity contribution in [2.75, 3.05) is 13.2 Å². The van der Waals surface area contributed by atoms with E-state index in [-0.39, 0.29) is 11.4 Å². The summed E-state index contributed by atoms with van der Waals surface area (Å²) in [6.45, 7) is 11.6. The Labute approximate surface area is 87.2 Å². The second-order valence-corrected chi connectivity index (χ2v) is 4.60. The van der Waals surface area contributed by atoms with Gasteiger partial charge in [-0.1, -0.05) is 20.8 Å². The van der Waals surface area contributed by atoms with Crippen LogP contribution < -0.4 is 5.32 Å². The summed E-state index contributed by atoms with van der Waals surface area (Å²) in [5.74, 6) is -0.124. The van der Waals surface area contributed by atoms with Crippen molar-refractivity contribution in [2.24, 2.45) is 5.41 Å². The van der Waals surface area contributed by atoms with Crippen molar-refractivity contribution < 1.29 is 9.53 Å². The van der Waals surface area contributed by atoms with Gasteiger partial charge < -0.3 is 10.1 Å². The van der Waals surface area contributed by atoms with Crippen molar-refractivity contribution in [2.45, 2.75) is 47.1 Å². The highest BCUT2D eigenvalue weighted by Crippen LogP contribution is 2.18. The van der Waals surface area contributed by atoms with Crippen LogP contribution in [0, 0.1) is 5.41 Å². The van der Waals surface area contributed by atoms with Crippen LogP contribution in [0.5, 0.6) is 0 Å². The average molecular weight is 201 g/mol. The third-order valence-corrected chi connectivity index (χ3v) is 2.38. The largest absolute Gasteiger partial charge is 0.466 e. The minimum Gasteiger partial charge on any atom is -0.466 e. The Balaban J connectivity index is 3.59. The number of ether oxygens (including phenoxy) is 1. The van der Waals surface area contributed by atoms with Gasteiger partial charge in [-0.15, -0.1) is 0 Å². The number of hydrogen-bond donors (Lipinski definition) is 1. The van der Waals surface area contributed by atoms with Crippen LogP contribution in [0.4, 0.5) is 0 Å². The number of carbonyl (C=O) groups is 1. The molecule has 0 saturated carbocycles. The predicted molar refractivity (Wildman–Crippen MR) is 58.2 cm³/mol. The Morgan fingerprint density at radius 1 is 1.43 bits per heavy atom. The zero-order chi connectivity index (χ0) is 11.2. The van der Waals surface area contributed by atoms with E-state index in [1.807, 2.05) is 6.92 Å². The summed E-state index contributed by atoms with van der Waals surface area (Å²) in [6, 6.07) is 0.400. The van der Waals surface area contributed by atoms with Gasteiger partial charge >= 0.3 is 5.97 Å². The van der Waals surface area contributed by atoms with Crippen LogP contribution in [0.25, 0.3) is 0 Å². The van der Waals surface area contributed by atoms with Crippen LogP contribution in [0.3, 0.4) is 0 Å². The minimum absolute atomic E-state index is 0.124. The highest BCUT2D eigenvalue weighted by molar-refractivity contribution is 5.69. The van der Waals surface area contributed by atoms with Crippen molar-refractivity contribution in [3.8, 4) is 0 Å². The Morgan fingerprint density at radius 3 is 2.43 bits per heavy atom. The second-order valence-electron chi connectivity index (χ2n) is 4.60. The topological polar surface area (TPSA) is 38.3 Å². The molecule has 0 aliphatic carbocycles. The summed E-state index contributed by atoms with van der Waals surface area (Å²) in [5, 5.41) is 3.31. The fourth-order valence-corrected chi connectivity index (χ4v) is 0.930. The molecule has 1 atom stereocenters. The van der Waals surface area contributed by atoms with Gasteiger partial charge in [0.1, 0.15) is 0 Å². The molecule has 3 nitrogen and oxygen atoms in total. The SMILES string of the molecule is CCOC(=O)CCNC(C)C(C)(C)C. The van der Waals surface area contributed by atoms with E-state index < -0.39 is 0 Å². The van der Waals surface area contributed by atoms with Crippen LogP contribution >= 0.6 is 0 Å². The van der Waals surface area contributed by atoms with Crippen molar-refractivity contribution in [1.82, 2.24) is 5.32 Å². The van der Waals surface area contributed by atoms with Gasteiger partial charge in [-0.25, -0.2) is 0 Å². The molecule has 0 fully saturated rings. The van der Waals surface area contributed by atoms with Crippen LogP contribution in [-0.2, 0) is 9.53 Å². The van der Waals surface area contributed by atoms with E-state index in [2.05, 4.69) is 33.0 Å².